The third-order valence-corrected chi connectivity index (χ3v) is 3.96. The summed E-state index contributed by atoms with van der Waals surface area (Å²) >= 11 is 0. The second-order valence-electron chi connectivity index (χ2n) is 5.48. The lowest BCUT2D eigenvalue weighted by Crippen LogP contribution is -2.01. The summed E-state index contributed by atoms with van der Waals surface area (Å²) in [6.07, 6.45) is 9.22. The molecular weight excluding hydrogens is 234 g/mol. The Bertz CT molecular complexity index is 507. The second kappa shape index (κ2) is 6.74. The van der Waals surface area contributed by atoms with Crippen LogP contribution in [-0.4, -0.2) is 4.98 Å². The lowest BCUT2D eigenvalue weighted by Gasteiger charge is -2.17. The number of unbranched alkanes of at least 4 members (excludes halogenated alkanes) is 2. The van der Waals surface area contributed by atoms with E-state index >= 15 is 0 Å². The molecule has 104 valence electrons. The smallest absolute Gasteiger partial charge is 0.182 e. The van der Waals surface area contributed by atoms with Crippen LogP contribution in [0.1, 0.15) is 69.4 Å². The Hall–Kier alpha value is -1.31. The first-order valence-electron chi connectivity index (χ1n) is 7.60. The van der Waals surface area contributed by atoms with Crippen LogP contribution in [0.15, 0.2) is 22.9 Å². The van der Waals surface area contributed by atoms with Crippen molar-refractivity contribution in [1.82, 2.24) is 4.98 Å². The molecule has 0 saturated heterocycles. The summed E-state index contributed by atoms with van der Waals surface area (Å²) in [7, 11) is 0. The molecule has 0 aliphatic heterocycles. The number of nitrogens with zero attached hydrogens (tertiary/aromatic N) is 1. The summed E-state index contributed by atoms with van der Waals surface area (Å²) in [6.45, 7) is 6.61. The highest BCUT2D eigenvalue weighted by atomic mass is 16.3. The molecule has 0 unspecified atom stereocenters. The summed E-state index contributed by atoms with van der Waals surface area (Å²) in [6, 6.07) is 4.43. The highest BCUT2D eigenvalue weighted by molar-refractivity contribution is 5.80. The fraction of sp³-hybridized carbons (Fsp3) is 0.588. The Kier molecular flexibility index (Phi) is 5.00. The largest absolute Gasteiger partial charge is 0.443 e. The van der Waals surface area contributed by atoms with Gasteiger partial charge in [0.15, 0.2) is 12.0 Å². The molecule has 2 heteroatoms. The standard InChI is InChI=1S/C17H25NO/c1-4-6-8-14(9-7-5-2)15-11-10-13(3)17-16(15)18-12-19-17/h10-12,14H,4-9H2,1-3H3. The summed E-state index contributed by atoms with van der Waals surface area (Å²) in [5.41, 5.74) is 4.62. The molecule has 0 spiro atoms. The molecule has 0 aliphatic rings. The van der Waals surface area contributed by atoms with E-state index in [9.17, 15) is 0 Å². The van der Waals surface area contributed by atoms with E-state index in [1.165, 1.54) is 49.7 Å². The number of rotatable bonds is 7. The van der Waals surface area contributed by atoms with Gasteiger partial charge in [-0.3, -0.25) is 0 Å². The Balaban J connectivity index is 2.31. The van der Waals surface area contributed by atoms with Crippen LogP contribution in [0.3, 0.4) is 0 Å². The van der Waals surface area contributed by atoms with Gasteiger partial charge in [0.05, 0.1) is 0 Å². The average molecular weight is 259 g/mol. The molecular formula is C17H25NO. The van der Waals surface area contributed by atoms with Gasteiger partial charge >= 0.3 is 0 Å². The van der Waals surface area contributed by atoms with Gasteiger partial charge in [-0.05, 0) is 36.8 Å². The predicted molar refractivity (Wildman–Crippen MR) is 80.5 cm³/mol. The van der Waals surface area contributed by atoms with Crippen molar-refractivity contribution in [3.8, 4) is 0 Å². The number of hydrogen-bond donors (Lipinski definition) is 0. The van der Waals surface area contributed by atoms with E-state index in [0.717, 1.165) is 11.1 Å². The molecule has 2 nitrogen and oxygen atoms in total. The molecule has 1 heterocycles. The molecule has 1 aromatic carbocycles. The summed E-state index contributed by atoms with van der Waals surface area (Å²) in [5, 5.41) is 0. The molecule has 0 atom stereocenters. The zero-order chi connectivity index (χ0) is 13.7. The Labute approximate surface area is 116 Å². The number of benzene rings is 1. The van der Waals surface area contributed by atoms with E-state index in [1.54, 1.807) is 6.39 Å². The van der Waals surface area contributed by atoms with Gasteiger partial charge in [0.2, 0.25) is 0 Å². The van der Waals surface area contributed by atoms with Gasteiger partial charge in [0, 0.05) is 0 Å². The molecule has 0 amide bonds. The zero-order valence-electron chi connectivity index (χ0n) is 12.4. The van der Waals surface area contributed by atoms with Crippen LogP contribution in [0.25, 0.3) is 11.1 Å². The minimum Gasteiger partial charge on any atom is -0.443 e. The number of aromatic nitrogens is 1. The van der Waals surface area contributed by atoms with E-state index in [0.29, 0.717) is 5.92 Å². The van der Waals surface area contributed by atoms with Crippen LogP contribution >= 0.6 is 0 Å². The van der Waals surface area contributed by atoms with Crippen molar-refractivity contribution < 1.29 is 4.42 Å². The SMILES string of the molecule is CCCCC(CCCC)c1ccc(C)c2ocnc12. The van der Waals surface area contributed by atoms with Gasteiger partial charge in [0.1, 0.15) is 5.52 Å². The predicted octanol–water partition coefficient (Wildman–Crippen LogP) is 5.60. The van der Waals surface area contributed by atoms with Crippen LogP contribution in [0.5, 0.6) is 0 Å². The maximum atomic E-state index is 5.54. The van der Waals surface area contributed by atoms with Gasteiger partial charge in [-0.25, -0.2) is 4.98 Å². The molecule has 0 bridgehead atoms. The van der Waals surface area contributed by atoms with E-state index < -0.39 is 0 Å². The number of hydrogen-bond acceptors (Lipinski definition) is 2. The van der Waals surface area contributed by atoms with E-state index in [4.69, 9.17) is 4.42 Å². The molecule has 0 N–H and O–H groups in total. The van der Waals surface area contributed by atoms with Crippen molar-refractivity contribution in [1.29, 1.82) is 0 Å². The minimum absolute atomic E-state index is 0.632. The van der Waals surface area contributed by atoms with Gasteiger partial charge < -0.3 is 4.42 Å². The van der Waals surface area contributed by atoms with Crippen molar-refractivity contribution in [3.05, 3.63) is 29.7 Å². The van der Waals surface area contributed by atoms with Crippen molar-refractivity contribution in [2.45, 2.75) is 65.2 Å². The lowest BCUT2D eigenvalue weighted by molar-refractivity contribution is 0.527. The Morgan fingerprint density at radius 1 is 1.11 bits per heavy atom. The fourth-order valence-corrected chi connectivity index (χ4v) is 2.79. The second-order valence-corrected chi connectivity index (χ2v) is 5.48. The maximum absolute atomic E-state index is 5.54. The number of oxazole rings is 1. The number of aryl methyl sites for hydroxylation is 1. The van der Waals surface area contributed by atoms with E-state index in [2.05, 4.69) is 37.9 Å². The van der Waals surface area contributed by atoms with Crippen molar-refractivity contribution >= 4 is 11.1 Å². The summed E-state index contributed by atoms with van der Waals surface area (Å²) in [4.78, 5) is 4.45. The van der Waals surface area contributed by atoms with Crippen LogP contribution in [0.4, 0.5) is 0 Å². The van der Waals surface area contributed by atoms with Gasteiger partial charge in [-0.2, -0.15) is 0 Å². The molecule has 0 saturated carbocycles. The highest BCUT2D eigenvalue weighted by Gasteiger charge is 2.17. The summed E-state index contributed by atoms with van der Waals surface area (Å²) in [5.74, 6) is 0.632. The molecule has 0 fully saturated rings. The van der Waals surface area contributed by atoms with Gasteiger partial charge in [0.25, 0.3) is 0 Å². The molecule has 2 rings (SSSR count). The average Bonchev–Trinajstić information content (AvgIpc) is 2.90. The highest BCUT2D eigenvalue weighted by Crippen LogP contribution is 2.33. The van der Waals surface area contributed by atoms with E-state index in [1.807, 2.05) is 0 Å². The first-order valence-corrected chi connectivity index (χ1v) is 7.60. The minimum atomic E-state index is 0.632. The third-order valence-electron chi connectivity index (χ3n) is 3.96. The van der Waals surface area contributed by atoms with Crippen molar-refractivity contribution in [2.75, 3.05) is 0 Å². The Morgan fingerprint density at radius 3 is 2.42 bits per heavy atom. The first-order chi connectivity index (χ1) is 9.27. The molecule has 2 aromatic rings. The summed E-state index contributed by atoms with van der Waals surface area (Å²) < 4.78 is 5.54. The van der Waals surface area contributed by atoms with Crippen molar-refractivity contribution in [2.24, 2.45) is 0 Å². The first kappa shape index (κ1) is 14.1. The van der Waals surface area contributed by atoms with Crippen molar-refractivity contribution in [3.63, 3.8) is 0 Å². The van der Waals surface area contributed by atoms with Gasteiger partial charge in [-0.15, -0.1) is 0 Å². The molecule has 0 aliphatic carbocycles. The third kappa shape index (κ3) is 3.17. The Morgan fingerprint density at radius 2 is 1.79 bits per heavy atom. The van der Waals surface area contributed by atoms with E-state index in [-0.39, 0.29) is 0 Å². The zero-order valence-corrected chi connectivity index (χ0v) is 12.4. The normalized spacial score (nSPS) is 11.6. The van der Waals surface area contributed by atoms with Crippen LogP contribution in [0, 0.1) is 6.92 Å². The maximum Gasteiger partial charge on any atom is 0.182 e. The van der Waals surface area contributed by atoms with Gasteiger partial charge in [-0.1, -0.05) is 51.7 Å². The topological polar surface area (TPSA) is 26.0 Å². The molecule has 1 aromatic heterocycles. The van der Waals surface area contributed by atoms with Crippen LogP contribution in [0.2, 0.25) is 0 Å². The van der Waals surface area contributed by atoms with Crippen LogP contribution in [-0.2, 0) is 0 Å². The lowest BCUT2D eigenvalue weighted by atomic mass is 9.88. The monoisotopic (exact) mass is 259 g/mol. The fourth-order valence-electron chi connectivity index (χ4n) is 2.79. The number of fused-ring (bicyclic) bond motifs is 1. The van der Waals surface area contributed by atoms with Crippen LogP contribution < -0.4 is 0 Å². The molecule has 0 radical (unpaired) electrons. The molecule has 19 heavy (non-hydrogen) atoms. The quantitative estimate of drug-likeness (QED) is 0.646.